The minimum absolute atomic E-state index is 0.108. The average Bonchev–Trinajstić information content (AvgIpc) is 2.72. The van der Waals surface area contributed by atoms with Gasteiger partial charge < -0.3 is 9.47 Å². The Balaban J connectivity index is 2.11. The fraction of sp³-hybridized carbons (Fsp3) is 0.158. The van der Waals surface area contributed by atoms with Crippen molar-refractivity contribution in [3.8, 4) is 11.5 Å². The van der Waals surface area contributed by atoms with Gasteiger partial charge in [-0.05, 0) is 24.3 Å². The highest BCUT2D eigenvalue weighted by atomic mass is 32.2. The Morgan fingerprint density at radius 3 is 2.50 bits per heavy atom. The van der Waals surface area contributed by atoms with Crippen LogP contribution in [-0.4, -0.2) is 32.6 Å². The summed E-state index contributed by atoms with van der Waals surface area (Å²) >= 11 is 0. The smallest absolute Gasteiger partial charge is 0.268 e. The van der Waals surface area contributed by atoms with E-state index < -0.39 is 20.7 Å². The molecular formula is C19H18FN3O4S. The molecule has 0 aliphatic rings. The Morgan fingerprint density at radius 2 is 1.86 bits per heavy atom. The summed E-state index contributed by atoms with van der Waals surface area (Å²) in [5.74, 6) is 0.257. The first-order chi connectivity index (χ1) is 13.5. The van der Waals surface area contributed by atoms with Crippen LogP contribution in [0.5, 0.6) is 11.5 Å². The van der Waals surface area contributed by atoms with Gasteiger partial charge in [0.2, 0.25) is 0 Å². The van der Waals surface area contributed by atoms with E-state index in [0.29, 0.717) is 17.1 Å². The molecule has 0 aliphatic heterocycles. The number of benzene rings is 2. The molecule has 0 unspecified atom stereocenters. The number of ether oxygens (including phenoxy) is 2. The lowest BCUT2D eigenvalue weighted by Gasteiger charge is -2.24. The van der Waals surface area contributed by atoms with Crippen LogP contribution >= 0.6 is 0 Å². The van der Waals surface area contributed by atoms with Crippen LogP contribution in [0.4, 0.5) is 10.2 Å². The summed E-state index contributed by atoms with van der Waals surface area (Å²) in [5, 5.41) is 0. The average molecular weight is 403 g/mol. The van der Waals surface area contributed by atoms with Crippen LogP contribution in [0.2, 0.25) is 0 Å². The first-order valence-corrected chi connectivity index (χ1v) is 9.65. The van der Waals surface area contributed by atoms with Gasteiger partial charge in [0.15, 0.2) is 0 Å². The molecule has 0 bridgehead atoms. The topological polar surface area (TPSA) is 81.6 Å². The number of nitrogens with zero attached hydrogens (tertiary/aromatic N) is 3. The first-order valence-electron chi connectivity index (χ1n) is 8.21. The summed E-state index contributed by atoms with van der Waals surface area (Å²) in [6.45, 7) is -0.124. The molecule has 0 saturated heterocycles. The SMILES string of the molecule is COc1ccc(CN(c2ccncn2)S(=O)(=O)c2ccccc2F)c(OC)c1. The molecule has 3 rings (SSSR count). The predicted octanol–water partition coefficient (Wildman–Crippen LogP) is 3.03. The molecule has 0 atom stereocenters. The standard InChI is InChI=1S/C19H18FN3O4S/c1-26-15-8-7-14(17(11-15)27-2)12-23(19-9-10-21-13-22-19)28(24,25)18-6-4-3-5-16(18)20/h3-11,13H,12H2,1-2H3. The zero-order chi connectivity index (χ0) is 20.1. The van der Waals surface area contributed by atoms with Gasteiger partial charge in [-0.3, -0.25) is 0 Å². The van der Waals surface area contributed by atoms with Gasteiger partial charge in [0.05, 0.1) is 20.8 Å². The Labute approximate surface area is 162 Å². The highest BCUT2D eigenvalue weighted by Crippen LogP contribution is 2.30. The van der Waals surface area contributed by atoms with Crippen molar-refractivity contribution in [2.75, 3.05) is 18.5 Å². The number of hydrogen-bond donors (Lipinski definition) is 0. The molecule has 0 amide bonds. The van der Waals surface area contributed by atoms with Crippen molar-refractivity contribution in [3.05, 3.63) is 72.4 Å². The van der Waals surface area contributed by atoms with Gasteiger partial charge in [0, 0.05) is 23.9 Å². The van der Waals surface area contributed by atoms with Crippen LogP contribution in [0.1, 0.15) is 5.56 Å². The van der Waals surface area contributed by atoms with Crippen LogP contribution in [-0.2, 0) is 16.6 Å². The van der Waals surface area contributed by atoms with Crippen molar-refractivity contribution in [1.82, 2.24) is 9.97 Å². The van der Waals surface area contributed by atoms with Crippen molar-refractivity contribution in [2.45, 2.75) is 11.4 Å². The van der Waals surface area contributed by atoms with Gasteiger partial charge in [-0.15, -0.1) is 0 Å². The molecule has 2 aromatic carbocycles. The maximum absolute atomic E-state index is 14.3. The molecule has 0 N–H and O–H groups in total. The van der Waals surface area contributed by atoms with E-state index in [9.17, 15) is 12.8 Å². The zero-order valence-corrected chi connectivity index (χ0v) is 16.1. The summed E-state index contributed by atoms with van der Waals surface area (Å²) in [7, 11) is -1.25. The van der Waals surface area contributed by atoms with E-state index in [1.165, 1.54) is 51.0 Å². The molecule has 0 fully saturated rings. The second-order valence-corrected chi connectivity index (χ2v) is 7.52. The second kappa shape index (κ2) is 8.22. The minimum Gasteiger partial charge on any atom is -0.497 e. The first kappa shape index (κ1) is 19.6. The van der Waals surface area contributed by atoms with Gasteiger partial charge in [0.1, 0.15) is 34.4 Å². The summed E-state index contributed by atoms with van der Waals surface area (Å²) < 4.78 is 52.3. The number of sulfonamides is 1. The van der Waals surface area contributed by atoms with E-state index >= 15 is 0 Å². The fourth-order valence-corrected chi connectivity index (χ4v) is 4.10. The van der Waals surface area contributed by atoms with Crippen molar-refractivity contribution >= 4 is 15.8 Å². The molecule has 0 saturated carbocycles. The van der Waals surface area contributed by atoms with Crippen molar-refractivity contribution in [3.63, 3.8) is 0 Å². The van der Waals surface area contributed by atoms with Gasteiger partial charge in [-0.1, -0.05) is 12.1 Å². The number of halogens is 1. The summed E-state index contributed by atoms with van der Waals surface area (Å²) in [4.78, 5) is 7.41. The molecule has 146 valence electrons. The van der Waals surface area contributed by atoms with Crippen LogP contribution < -0.4 is 13.8 Å². The molecule has 9 heteroatoms. The number of aromatic nitrogens is 2. The van der Waals surface area contributed by atoms with Crippen molar-refractivity contribution in [1.29, 1.82) is 0 Å². The molecule has 7 nitrogen and oxygen atoms in total. The minimum atomic E-state index is -4.24. The lowest BCUT2D eigenvalue weighted by Crippen LogP contribution is -2.32. The number of rotatable bonds is 7. The maximum atomic E-state index is 14.3. The molecular weight excluding hydrogens is 385 g/mol. The van der Waals surface area contributed by atoms with Crippen molar-refractivity contribution < 1.29 is 22.3 Å². The molecule has 1 heterocycles. The Morgan fingerprint density at radius 1 is 1.07 bits per heavy atom. The van der Waals surface area contributed by atoms with Crippen molar-refractivity contribution in [2.24, 2.45) is 0 Å². The van der Waals surface area contributed by atoms with E-state index in [0.717, 1.165) is 10.4 Å². The van der Waals surface area contributed by atoms with Crippen LogP contribution in [0, 0.1) is 5.82 Å². The highest BCUT2D eigenvalue weighted by Gasteiger charge is 2.29. The largest absolute Gasteiger partial charge is 0.497 e. The Kier molecular flexibility index (Phi) is 5.74. The van der Waals surface area contributed by atoms with Crippen LogP contribution in [0.15, 0.2) is 66.0 Å². The molecule has 1 aromatic heterocycles. The molecule has 3 aromatic rings. The number of methoxy groups -OCH3 is 2. The van der Waals surface area contributed by atoms with E-state index in [1.54, 1.807) is 18.2 Å². The Hall–Kier alpha value is -3.20. The quantitative estimate of drug-likeness (QED) is 0.603. The van der Waals surface area contributed by atoms with E-state index in [2.05, 4.69) is 9.97 Å². The Bertz CT molecular complexity index is 1060. The zero-order valence-electron chi connectivity index (χ0n) is 15.2. The van der Waals surface area contributed by atoms with Crippen LogP contribution in [0.25, 0.3) is 0 Å². The summed E-state index contributed by atoms with van der Waals surface area (Å²) in [6.07, 6.45) is 2.64. The maximum Gasteiger partial charge on any atom is 0.268 e. The highest BCUT2D eigenvalue weighted by molar-refractivity contribution is 7.92. The van der Waals surface area contributed by atoms with Gasteiger partial charge >= 0.3 is 0 Å². The lowest BCUT2D eigenvalue weighted by molar-refractivity contribution is 0.391. The third-order valence-corrected chi connectivity index (χ3v) is 5.82. The summed E-state index contributed by atoms with van der Waals surface area (Å²) in [5.41, 5.74) is 0.557. The van der Waals surface area contributed by atoms with Gasteiger partial charge in [0.25, 0.3) is 10.0 Å². The second-order valence-electron chi connectivity index (χ2n) is 5.69. The molecule has 0 spiro atoms. The molecule has 28 heavy (non-hydrogen) atoms. The number of anilines is 1. The lowest BCUT2D eigenvalue weighted by atomic mass is 10.2. The number of hydrogen-bond acceptors (Lipinski definition) is 6. The van der Waals surface area contributed by atoms with Gasteiger partial charge in [-0.2, -0.15) is 0 Å². The molecule has 0 aliphatic carbocycles. The monoisotopic (exact) mass is 403 g/mol. The molecule has 0 radical (unpaired) electrons. The third kappa shape index (κ3) is 3.89. The van der Waals surface area contributed by atoms with Gasteiger partial charge in [-0.25, -0.2) is 27.1 Å². The van der Waals surface area contributed by atoms with E-state index in [1.807, 2.05) is 0 Å². The van der Waals surface area contributed by atoms with Crippen LogP contribution in [0.3, 0.4) is 0 Å². The van der Waals surface area contributed by atoms with E-state index in [4.69, 9.17) is 9.47 Å². The predicted molar refractivity (Wildman–Crippen MR) is 101 cm³/mol. The van der Waals surface area contributed by atoms with E-state index in [-0.39, 0.29) is 12.4 Å². The summed E-state index contributed by atoms with van der Waals surface area (Å²) in [6, 6.07) is 11.6. The fourth-order valence-electron chi connectivity index (χ4n) is 2.63. The third-order valence-electron chi connectivity index (χ3n) is 4.03. The normalized spacial score (nSPS) is 11.1.